The molecule has 0 bridgehead atoms. The van der Waals surface area contributed by atoms with Crippen molar-refractivity contribution in [1.82, 2.24) is 4.90 Å². The van der Waals surface area contributed by atoms with Crippen molar-refractivity contribution in [3.8, 4) is 0 Å². The Morgan fingerprint density at radius 3 is 2.22 bits per heavy atom. The minimum Gasteiger partial charge on any atom is -0.395 e. The average molecular weight is 259 g/mol. The predicted molar refractivity (Wildman–Crippen MR) is 72.5 cm³/mol. The van der Waals surface area contributed by atoms with E-state index in [1.54, 1.807) is 0 Å². The highest BCUT2D eigenvalue weighted by Crippen LogP contribution is 2.19. The molecular weight excluding hydrogens is 230 g/mol. The predicted octanol–water partition coefficient (Wildman–Crippen LogP) is 1.14. The zero-order valence-electron chi connectivity index (χ0n) is 11.6. The third-order valence-electron chi connectivity index (χ3n) is 3.91. The first-order valence-corrected chi connectivity index (χ1v) is 7.41. The average Bonchev–Trinajstić information content (AvgIpc) is 2.63. The number of likely N-dealkylation sites (tertiary alicyclic amines) is 1. The van der Waals surface area contributed by atoms with Crippen LogP contribution in [0.1, 0.15) is 51.9 Å². The Kier molecular flexibility index (Phi) is 7.82. The molecule has 0 spiro atoms. The summed E-state index contributed by atoms with van der Waals surface area (Å²) in [5, 5.41) is 28.5. The van der Waals surface area contributed by atoms with Crippen molar-refractivity contribution in [3.05, 3.63) is 0 Å². The van der Waals surface area contributed by atoms with Crippen LogP contribution in [-0.4, -0.2) is 58.2 Å². The Bertz CT molecular complexity index is 213. The summed E-state index contributed by atoms with van der Waals surface area (Å²) in [6.07, 6.45) is 7.31. The molecule has 0 aromatic carbocycles. The minimum absolute atomic E-state index is 0.0747. The molecule has 1 heterocycles. The van der Waals surface area contributed by atoms with Crippen LogP contribution in [0.15, 0.2) is 0 Å². The Morgan fingerprint density at radius 1 is 1.00 bits per heavy atom. The topological polar surface area (TPSA) is 63.9 Å². The molecule has 0 aromatic rings. The van der Waals surface area contributed by atoms with E-state index in [0.29, 0.717) is 6.54 Å². The lowest BCUT2D eigenvalue weighted by atomic mass is 10.1. The number of rotatable bonds is 9. The number of unbranched alkanes of at least 4 members (excludes halogenated alkanes) is 6. The molecule has 1 rings (SSSR count). The molecule has 108 valence electrons. The molecular formula is C14H29NO3. The zero-order chi connectivity index (χ0) is 13.4. The molecule has 4 heteroatoms. The maximum Gasteiger partial charge on any atom is 0.0988 e. The number of aliphatic hydroxyl groups excluding tert-OH is 3. The van der Waals surface area contributed by atoms with Gasteiger partial charge in [0.2, 0.25) is 0 Å². The van der Waals surface area contributed by atoms with Gasteiger partial charge in [0.15, 0.2) is 0 Å². The van der Waals surface area contributed by atoms with E-state index in [9.17, 15) is 15.3 Å². The smallest absolute Gasteiger partial charge is 0.0988 e. The van der Waals surface area contributed by atoms with Crippen molar-refractivity contribution in [3.63, 3.8) is 0 Å². The van der Waals surface area contributed by atoms with E-state index in [2.05, 4.69) is 6.92 Å². The maximum absolute atomic E-state index is 9.68. The van der Waals surface area contributed by atoms with E-state index >= 15 is 0 Å². The van der Waals surface area contributed by atoms with E-state index in [1.807, 2.05) is 4.90 Å². The summed E-state index contributed by atoms with van der Waals surface area (Å²) < 4.78 is 0. The van der Waals surface area contributed by atoms with E-state index in [1.165, 1.54) is 38.5 Å². The lowest BCUT2D eigenvalue weighted by Gasteiger charge is -2.23. The SMILES string of the molecule is CCCCCCCCCN1C[C@@H](O)[C@H](O)[C@H]1CO. The summed E-state index contributed by atoms with van der Waals surface area (Å²) in [6, 6.07) is -0.278. The maximum atomic E-state index is 9.68. The summed E-state index contributed by atoms with van der Waals surface area (Å²) in [5.41, 5.74) is 0. The summed E-state index contributed by atoms with van der Waals surface area (Å²) in [6.45, 7) is 3.50. The van der Waals surface area contributed by atoms with Crippen LogP contribution < -0.4 is 0 Å². The fourth-order valence-electron chi connectivity index (χ4n) is 2.71. The third-order valence-corrected chi connectivity index (χ3v) is 3.91. The largest absolute Gasteiger partial charge is 0.395 e. The van der Waals surface area contributed by atoms with Gasteiger partial charge in [-0.05, 0) is 13.0 Å². The van der Waals surface area contributed by atoms with Gasteiger partial charge in [0, 0.05) is 6.54 Å². The minimum atomic E-state index is -0.792. The van der Waals surface area contributed by atoms with E-state index in [0.717, 1.165) is 13.0 Å². The van der Waals surface area contributed by atoms with Gasteiger partial charge in [-0.2, -0.15) is 0 Å². The molecule has 0 aliphatic carbocycles. The van der Waals surface area contributed by atoms with Gasteiger partial charge >= 0.3 is 0 Å². The summed E-state index contributed by atoms with van der Waals surface area (Å²) in [7, 11) is 0. The second-order valence-corrected chi connectivity index (χ2v) is 5.42. The van der Waals surface area contributed by atoms with Crippen LogP contribution in [0, 0.1) is 0 Å². The molecule has 3 N–H and O–H groups in total. The highest BCUT2D eigenvalue weighted by atomic mass is 16.3. The lowest BCUT2D eigenvalue weighted by Crippen LogP contribution is -2.39. The molecule has 1 fully saturated rings. The van der Waals surface area contributed by atoms with E-state index in [4.69, 9.17) is 0 Å². The standard InChI is InChI=1S/C14H29NO3/c1-2-3-4-5-6-7-8-9-15-10-13(17)14(18)12(15)11-16/h12-14,16-18H,2-11H2,1H3/t12-,13-,14-/m1/s1. The number of β-amino-alcohol motifs (C(OH)–C–C–N with tert-alkyl or cyclic N) is 1. The first-order valence-electron chi connectivity index (χ1n) is 7.41. The van der Waals surface area contributed by atoms with Crippen molar-refractivity contribution in [1.29, 1.82) is 0 Å². The molecule has 1 aliphatic rings. The van der Waals surface area contributed by atoms with Gasteiger partial charge in [0.1, 0.15) is 0 Å². The fraction of sp³-hybridized carbons (Fsp3) is 1.00. The monoisotopic (exact) mass is 259 g/mol. The second kappa shape index (κ2) is 8.86. The molecule has 0 saturated carbocycles. The highest BCUT2D eigenvalue weighted by Gasteiger charge is 2.38. The number of nitrogens with zero attached hydrogens (tertiary/aromatic N) is 1. The molecule has 0 aromatic heterocycles. The quantitative estimate of drug-likeness (QED) is 0.543. The molecule has 4 nitrogen and oxygen atoms in total. The number of hydrogen-bond donors (Lipinski definition) is 3. The molecule has 0 radical (unpaired) electrons. The van der Waals surface area contributed by atoms with Crippen LogP contribution in [0.3, 0.4) is 0 Å². The molecule has 3 atom stereocenters. The third kappa shape index (κ3) is 4.84. The van der Waals surface area contributed by atoms with Crippen LogP contribution in [0.25, 0.3) is 0 Å². The van der Waals surface area contributed by atoms with Gasteiger partial charge in [-0.15, -0.1) is 0 Å². The van der Waals surface area contributed by atoms with Gasteiger partial charge in [-0.25, -0.2) is 0 Å². The molecule has 0 unspecified atom stereocenters. The van der Waals surface area contributed by atoms with Crippen molar-refractivity contribution >= 4 is 0 Å². The molecule has 1 aliphatic heterocycles. The fourth-order valence-corrected chi connectivity index (χ4v) is 2.71. The lowest BCUT2D eigenvalue weighted by molar-refractivity contribution is 0.0216. The Balaban J connectivity index is 2.08. The first-order chi connectivity index (χ1) is 8.70. The zero-order valence-corrected chi connectivity index (χ0v) is 11.6. The first kappa shape index (κ1) is 15.9. The van der Waals surface area contributed by atoms with Crippen molar-refractivity contribution in [2.75, 3.05) is 19.7 Å². The summed E-state index contributed by atoms with van der Waals surface area (Å²) >= 11 is 0. The van der Waals surface area contributed by atoms with Crippen molar-refractivity contribution in [2.24, 2.45) is 0 Å². The van der Waals surface area contributed by atoms with Gasteiger partial charge in [0.05, 0.1) is 24.9 Å². The van der Waals surface area contributed by atoms with E-state index < -0.39 is 12.2 Å². The summed E-state index contributed by atoms with van der Waals surface area (Å²) in [4.78, 5) is 2.02. The molecule has 0 amide bonds. The Labute approximate surface area is 111 Å². The molecule has 18 heavy (non-hydrogen) atoms. The number of aliphatic hydroxyl groups is 3. The van der Waals surface area contributed by atoms with Crippen molar-refractivity contribution in [2.45, 2.75) is 70.1 Å². The Morgan fingerprint density at radius 2 is 1.61 bits per heavy atom. The molecule has 1 saturated heterocycles. The van der Waals surface area contributed by atoms with Crippen LogP contribution in [-0.2, 0) is 0 Å². The normalized spacial score (nSPS) is 29.0. The number of hydrogen-bond acceptors (Lipinski definition) is 4. The highest BCUT2D eigenvalue weighted by molar-refractivity contribution is 4.92. The Hall–Kier alpha value is -0.160. The van der Waals surface area contributed by atoms with Crippen LogP contribution in [0.4, 0.5) is 0 Å². The van der Waals surface area contributed by atoms with Gasteiger partial charge in [0.25, 0.3) is 0 Å². The van der Waals surface area contributed by atoms with Gasteiger partial charge in [-0.1, -0.05) is 45.4 Å². The van der Waals surface area contributed by atoms with Crippen LogP contribution in [0.2, 0.25) is 0 Å². The van der Waals surface area contributed by atoms with Crippen LogP contribution in [0.5, 0.6) is 0 Å². The van der Waals surface area contributed by atoms with E-state index in [-0.39, 0.29) is 12.6 Å². The van der Waals surface area contributed by atoms with Gasteiger partial charge in [-0.3, -0.25) is 4.90 Å². The van der Waals surface area contributed by atoms with Crippen molar-refractivity contribution < 1.29 is 15.3 Å². The van der Waals surface area contributed by atoms with Crippen LogP contribution >= 0.6 is 0 Å². The van der Waals surface area contributed by atoms with Gasteiger partial charge < -0.3 is 15.3 Å². The second-order valence-electron chi connectivity index (χ2n) is 5.42. The summed E-state index contributed by atoms with van der Waals surface area (Å²) in [5.74, 6) is 0.